The van der Waals surface area contributed by atoms with Gasteiger partial charge in [0, 0.05) is 0 Å². The number of aromatic amines is 1. The van der Waals surface area contributed by atoms with E-state index in [2.05, 4.69) is 24.7 Å². The Morgan fingerprint density at radius 3 is 2.94 bits per heavy atom. The van der Waals surface area contributed by atoms with Crippen molar-refractivity contribution in [1.82, 2.24) is 19.9 Å². The average Bonchev–Trinajstić information content (AvgIpc) is 2.92. The maximum absolute atomic E-state index is 11.8. The number of rotatable bonds is 4. The van der Waals surface area contributed by atoms with E-state index in [4.69, 9.17) is 11.6 Å². The van der Waals surface area contributed by atoms with Gasteiger partial charge in [-0.05, 0) is 18.8 Å². The largest absolute Gasteiger partial charge is 0.341 e. The summed E-state index contributed by atoms with van der Waals surface area (Å²) in [6.45, 7) is 0. The van der Waals surface area contributed by atoms with Crippen LogP contribution in [-0.2, 0) is 10.0 Å². The van der Waals surface area contributed by atoms with Gasteiger partial charge in [-0.3, -0.25) is 4.72 Å². The Morgan fingerprint density at radius 1 is 1.44 bits per heavy atom. The molecule has 96 valence electrons. The third-order valence-corrected chi connectivity index (χ3v) is 4.32. The first-order valence-electron chi connectivity index (χ1n) is 5.40. The molecule has 2 aromatic rings. The van der Waals surface area contributed by atoms with Crippen molar-refractivity contribution in [2.45, 2.75) is 12.8 Å². The van der Waals surface area contributed by atoms with Gasteiger partial charge in [-0.25, -0.2) is 13.4 Å². The minimum absolute atomic E-state index is 0.0414. The van der Waals surface area contributed by atoms with Crippen molar-refractivity contribution >= 4 is 38.7 Å². The molecule has 1 saturated carbocycles. The summed E-state index contributed by atoms with van der Waals surface area (Å²) >= 11 is 5.89. The van der Waals surface area contributed by atoms with E-state index < -0.39 is 10.0 Å². The Labute approximate surface area is 108 Å². The molecule has 0 aromatic carbocycles. The van der Waals surface area contributed by atoms with Gasteiger partial charge in [0.15, 0.2) is 10.8 Å². The van der Waals surface area contributed by atoms with E-state index in [0.717, 1.165) is 12.8 Å². The first-order chi connectivity index (χ1) is 8.53. The fraction of sp³-hybridized carbons (Fsp3) is 0.444. The van der Waals surface area contributed by atoms with E-state index >= 15 is 0 Å². The Kier molecular flexibility index (Phi) is 2.63. The van der Waals surface area contributed by atoms with Crippen molar-refractivity contribution in [3.05, 3.63) is 11.5 Å². The highest BCUT2D eigenvalue weighted by Crippen LogP contribution is 2.30. The zero-order valence-electron chi connectivity index (χ0n) is 9.22. The van der Waals surface area contributed by atoms with Crippen LogP contribution in [0.25, 0.3) is 11.2 Å². The summed E-state index contributed by atoms with van der Waals surface area (Å²) < 4.78 is 25.9. The lowest BCUT2D eigenvalue weighted by Gasteiger charge is -2.05. The number of sulfonamides is 1. The lowest BCUT2D eigenvalue weighted by Crippen LogP contribution is -2.19. The Hall–Kier alpha value is -1.41. The van der Waals surface area contributed by atoms with Crippen LogP contribution in [-0.4, -0.2) is 34.1 Å². The first kappa shape index (κ1) is 11.7. The normalized spacial score (nSPS) is 16.1. The van der Waals surface area contributed by atoms with Crippen LogP contribution in [0.3, 0.4) is 0 Å². The van der Waals surface area contributed by atoms with Gasteiger partial charge in [0.2, 0.25) is 16.0 Å². The van der Waals surface area contributed by atoms with Crippen molar-refractivity contribution in [2.75, 3.05) is 10.5 Å². The van der Waals surface area contributed by atoms with Crippen molar-refractivity contribution in [2.24, 2.45) is 5.92 Å². The molecule has 9 heteroatoms. The minimum Gasteiger partial charge on any atom is -0.341 e. The third kappa shape index (κ3) is 2.39. The number of fused-ring (bicyclic) bond motifs is 1. The molecule has 0 aliphatic heterocycles. The van der Waals surface area contributed by atoms with E-state index in [1.54, 1.807) is 0 Å². The molecule has 1 aliphatic carbocycles. The monoisotopic (exact) mass is 287 g/mol. The van der Waals surface area contributed by atoms with Gasteiger partial charge in [0.25, 0.3) is 0 Å². The second-order valence-electron chi connectivity index (χ2n) is 4.27. The second-order valence-corrected chi connectivity index (χ2v) is 6.39. The number of anilines is 1. The zero-order chi connectivity index (χ0) is 12.8. The number of hydrogen-bond acceptors (Lipinski definition) is 5. The smallest absolute Gasteiger partial charge is 0.240 e. The molecule has 0 radical (unpaired) electrons. The average molecular weight is 288 g/mol. The standard InChI is InChI=1S/C9H10ClN5O2S/c10-7-6-8(12-4-11-6)14-9(13-7)15-18(16,17)3-5-1-2-5/h4-5H,1-3H2,(H2,11,12,13,14,15). The van der Waals surface area contributed by atoms with Crippen LogP contribution in [0.5, 0.6) is 0 Å². The van der Waals surface area contributed by atoms with Crippen LogP contribution in [0.15, 0.2) is 6.33 Å². The lowest BCUT2D eigenvalue weighted by atomic mass is 10.5. The van der Waals surface area contributed by atoms with Gasteiger partial charge in [-0.1, -0.05) is 11.6 Å². The second kappa shape index (κ2) is 4.06. The molecule has 0 bridgehead atoms. The predicted molar refractivity (Wildman–Crippen MR) is 66.8 cm³/mol. The highest BCUT2D eigenvalue weighted by atomic mass is 35.5. The first-order valence-corrected chi connectivity index (χ1v) is 7.43. The van der Waals surface area contributed by atoms with Crippen molar-refractivity contribution in [3.8, 4) is 0 Å². The van der Waals surface area contributed by atoms with Crippen LogP contribution in [0, 0.1) is 5.92 Å². The summed E-state index contributed by atoms with van der Waals surface area (Å²) in [7, 11) is -3.41. The van der Waals surface area contributed by atoms with Gasteiger partial charge in [0.05, 0.1) is 12.1 Å². The van der Waals surface area contributed by atoms with E-state index in [1.165, 1.54) is 6.33 Å². The van der Waals surface area contributed by atoms with Crippen molar-refractivity contribution in [3.63, 3.8) is 0 Å². The van der Waals surface area contributed by atoms with Crippen molar-refractivity contribution in [1.29, 1.82) is 0 Å². The Bertz CT molecular complexity index is 694. The Morgan fingerprint density at radius 2 is 2.22 bits per heavy atom. The maximum atomic E-state index is 11.8. The summed E-state index contributed by atoms with van der Waals surface area (Å²) in [6, 6.07) is 0. The fourth-order valence-electron chi connectivity index (χ4n) is 1.62. The highest BCUT2D eigenvalue weighted by Gasteiger charge is 2.28. The number of H-pyrrole nitrogens is 1. The quantitative estimate of drug-likeness (QED) is 0.822. The minimum atomic E-state index is -3.41. The van der Waals surface area contributed by atoms with Crippen LogP contribution in [0.4, 0.5) is 5.95 Å². The molecule has 18 heavy (non-hydrogen) atoms. The maximum Gasteiger partial charge on any atom is 0.240 e. The molecular weight excluding hydrogens is 278 g/mol. The number of nitrogens with one attached hydrogen (secondary N) is 2. The van der Waals surface area contributed by atoms with E-state index in [0.29, 0.717) is 11.2 Å². The molecule has 0 unspecified atom stereocenters. The van der Waals surface area contributed by atoms with Crippen LogP contribution >= 0.6 is 11.6 Å². The van der Waals surface area contributed by atoms with Crippen LogP contribution in [0.2, 0.25) is 5.15 Å². The molecule has 0 atom stereocenters. The lowest BCUT2D eigenvalue weighted by molar-refractivity contribution is 0.597. The predicted octanol–water partition coefficient (Wildman–Crippen LogP) is 1.16. The number of halogens is 1. The van der Waals surface area contributed by atoms with Gasteiger partial charge >= 0.3 is 0 Å². The molecule has 0 amide bonds. The molecule has 7 nitrogen and oxygen atoms in total. The van der Waals surface area contributed by atoms with Crippen molar-refractivity contribution < 1.29 is 8.42 Å². The molecule has 2 aromatic heterocycles. The number of imidazole rings is 1. The summed E-state index contributed by atoms with van der Waals surface area (Å²) in [5.74, 6) is 0.319. The van der Waals surface area contributed by atoms with Gasteiger partial charge in [0.1, 0.15) is 5.52 Å². The van der Waals surface area contributed by atoms with E-state index in [9.17, 15) is 8.42 Å². The molecule has 2 N–H and O–H groups in total. The zero-order valence-corrected chi connectivity index (χ0v) is 10.8. The Balaban J connectivity index is 1.89. The van der Waals surface area contributed by atoms with Crippen LogP contribution in [0.1, 0.15) is 12.8 Å². The summed E-state index contributed by atoms with van der Waals surface area (Å²) in [6.07, 6.45) is 3.34. The molecule has 3 rings (SSSR count). The molecule has 1 aliphatic rings. The SMILES string of the molecule is O=S(=O)(CC1CC1)Nc1nc(Cl)c2[nH]cnc2n1. The van der Waals surface area contributed by atoms with E-state index in [-0.39, 0.29) is 22.8 Å². The number of aromatic nitrogens is 4. The fourth-order valence-corrected chi connectivity index (χ4v) is 3.24. The molecule has 1 fully saturated rings. The molecule has 2 heterocycles. The third-order valence-electron chi connectivity index (χ3n) is 2.64. The topological polar surface area (TPSA) is 101 Å². The van der Waals surface area contributed by atoms with Gasteiger partial charge in [-0.2, -0.15) is 9.97 Å². The number of nitrogens with zero attached hydrogens (tertiary/aromatic N) is 3. The summed E-state index contributed by atoms with van der Waals surface area (Å²) in [5, 5.41) is 0.140. The molecular formula is C9H10ClN5O2S. The molecule has 0 spiro atoms. The van der Waals surface area contributed by atoms with E-state index in [1.807, 2.05) is 0 Å². The highest BCUT2D eigenvalue weighted by molar-refractivity contribution is 7.92. The number of hydrogen-bond donors (Lipinski definition) is 2. The van der Waals surface area contributed by atoms with Gasteiger partial charge in [-0.15, -0.1) is 0 Å². The van der Waals surface area contributed by atoms with Crippen LogP contribution < -0.4 is 4.72 Å². The summed E-state index contributed by atoms with van der Waals surface area (Å²) in [4.78, 5) is 14.6. The summed E-state index contributed by atoms with van der Waals surface area (Å²) in [5.41, 5.74) is 0.820. The molecule has 0 saturated heterocycles. The van der Waals surface area contributed by atoms with Gasteiger partial charge < -0.3 is 4.98 Å².